The fraction of sp³-hybridized carbons (Fsp3) is 0.379. The van der Waals surface area contributed by atoms with Crippen LogP contribution in [0.1, 0.15) is 79.3 Å². The van der Waals surface area contributed by atoms with E-state index in [1.165, 1.54) is 22.6 Å². The molecule has 1 atom stereocenters. The molecular formula is C29H36N4O. The zero-order valence-electron chi connectivity index (χ0n) is 21.2. The molecule has 2 aromatic carbocycles. The SMILES string of the molecule is CCCN1c2ccc(/C=N\NC(=O)c3ccc(-n4c(C)ccc4C)cc3)cc2C(C)CC1(C)C. The van der Waals surface area contributed by atoms with Gasteiger partial charge in [0.15, 0.2) is 0 Å². The molecule has 0 spiro atoms. The Bertz CT molecular complexity index is 1180. The van der Waals surface area contributed by atoms with Crippen molar-refractivity contribution >= 4 is 17.8 Å². The zero-order valence-corrected chi connectivity index (χ0v) is 21.2. The van der Waals surface area contributed by atoms with Crippen molar-refractivity contribution in [3.8, 4) is 5.69 Å². The number of hydrogen-bond acceptors (Lipinski definition) is 3. The molecular weight excluding hydrogens is 420 g/mol. The van der Waals surface area contributed by atoms with Crippen LogP contribution in [0.2, 0.25) is 0 Å². The Hall–Kier alpha value is -3.34. The van der Waals surface area contributed by atoms with E-state index in [-0.39, 0.29) is 11.4 Å². The van der Waals surface area contributed by atoms with Crippen LogP contribution >= 0.6 is 0 Å². The van der Waals surface area contributed by atoms with Gasteiger partial charge in [-0.1, -0.05) is 19.9 Å². The lowest BCUT2D eigenvalue weighted by atomic mass is 9.79. The highest BCUT2D eigenvalue weighted by atomic mass is 16.2. The molecule has 3 aromatic rings. The van der Waals surface area contributed by atoms with Crippen LogP contribution < -0.4 is 10.3 Å². The Morgan fingerprint density at radius 1 is 1.09 bits per heavy atom. The van der Waals surface area contributed by atoms with Crippen molar-refractivity contribution < 1.29 is 4.79 Å². The third kappa shape index (κ3) is 4.65. The first kappa shape index (κ1) is 23.8. The average Bonchev–Trinajstić information content (AvgIpc) is 3.14. The maximum absolute atomic E-state index is 12.6. The van der Waals surface area contributed by atoms with E-state index in [0.717, 1.165) is 30.6 Å². The largest absolute Gasteiger partial charge is 0.366 e. The first-order chi connectivity index (χ1) is 16.2. The van der Waals surface area contributed by atoms with E-state index >= 15 is 0 Å². The quantitative estimate of drug-likeness (QED) is 0.347. The molecule has 1 amide bonds. The van der Waals surface area contributed by atoms with E-state index in [9.17, 15) is 4.79 Å². The number of hydrazone groups is 1. The molecule has 2 heterocycles. The third-order valence-corrected chi connectivity index (χ3v) is 6.90. The second-order valence-corrected chi connectivity index (χ2v) is 10.1. The normalized spacial score (nSPS) is 17.1. The van der Waals surface area contributed by atoms with Gasteiger partial charge in [0.2, 0.25) is 0 Å². The summed E-state index contributed by atoms with van der Waals surface area (Å²) in [7, 11) is 0. The molecule has 0 bridgehead atoms. The number of nitrogens with one attached hydrogen (secondary N) is 1. The summed E-state index contributed by atoms with van der Waals surface area (Å²) in [6.07, 6.45) is 3.98. The van der Waals surface area contributed by atoms with Gasteiger partial charge in [-0.3, -0.25) is 4.79 Å². The Balaban J connectivity index is 1.46. The Morgan fingerprint density at radius 2 is 1.76 bits per heavy atom. The number of aryl methyl sites for hydroxylation is 2. The molecule has 1 aliphatic rings. The van der Waals surface area contributed by atoms with Crippen molar-refractivity contribution in [2.24, 2.45) is 5.10 Å². The summed E-state index contributed by atoms with van der Waals surface area (Å²) in [6, 6.07) is 18.3. The number of carbonyl (C=O) groups excluding carboxylic acids is 1. The van der Waals surface area contributed by atoms with Crippen LogP contribution in [0.5, 0.6) is 0 Å². The number of nitrogens with zero attached hydrogens (tertiary/aromatic N) is 3. The molecule has 34 heavy (non-hydrogen) atoms. The van der Waals surface area contributed by atoms with Crippen LogP contribution in [0.4, 0.5) is 5.69 Å². The Labute approximate surface area is 203 Å². The van der Waals surface area contributed by atoms with Gasteiger partial charge in [-0.2, -0.15) is 5.10 Å². The molecule has 0 radical (unpaired) electrons. The van der Waals surface area contributed by atoms with Crippen LogP contribution in [0.15, 0.2) is 59.7 Å². The van der Waals surface area contributed by atoms with Crippen LogP contribution in [0.3, 0.4) is 0 Å². The molecule has 0 aliphatic carbocycles. The number of amides is 1. The summed E-state index contributed by atoms with van der Waals surface area (Å²) in [5.74, 6) is 0.262. The summed E-state index contributed by atoms with van der Waals surface area (Å²) in [5, 5.41) is 4.23. The molecule has 1 aliphatic heterocycles. The summed E-state index contributed by atoms with van der Waals surface area (Å²) >= 11 is 0. The Morgan fingerprint density at radius 3 is 2.41 bits per heavy atom. The molecule has 1 aromatic heterocycles. The number of carbonyl (C=O) groups is 1. The van der Waals surface area contributed by atoms with Gasteiger partial charge >= 0.3 is 0 Å². The van der Waals surface area contributed by atoms with Gasteiger partial charge in [0.1, 0.15) is 0 Å². The molecule has 5 heteroatoms. The first-order valence-electron chi connectivity index (χ1n) is 12.2. The van der Waals surface area contributed by atoms with Crippen molar-refractivity contribution in [2.45, 2.75) is 65.8 Å². The lowest BCUT2D eigenvalue weighted by Gasteiger charge is -2.47. The maximum Gasteiger partial charge on any atom is 0.271 e. The fourth-order valence-electron chi connectivity index (χ4n) is 5.30. The first-order valence-corrected chi connectivity index (χ1v) is 12.2. The van der Waals surface area contributed by atoms with Gasteiger partial charge < -0.3 is 9.47 Å². The second-order valence-electron chi connectivity index (χ2n) is 10.1. The highest BCUT2D eigenvalue weighted by Crippen LogP contribution is 2.43. The van der Waals surface area contributed by atoms with E-state index in [1.807, 2.05) is 24.3 Å². The van der Waals surface area contributed by atoms with Gasteiger partial charge in [-0.15, -0.1) is 0 Å². The molecule has 0 saturated carbocycles. The number of rotatable bonds is 6. The second kappa shape index (κ2) is 9.49. The summed E-state index contributed by atoms with van der Waals surface area (Å²) < 4.78 is 2.17. The molecule has 1 unspecified atom stereocenters. The standard InChI is InChI=1S/C29H36N4O/c1-7-16-32-27-15-10-23(17-26(27)20(2)18-29(32,5)6)19-30-31-28(34)24-11-13-25(14-12-24)33-21(3)8-9-22(33)4/h8-15,17,19-20H,7,16,18H2,1-6H3,(H,31,34)/b30-19-. The molecule has 0 saturated heterocycles. The van der Waals surface area contributed by atoms with Gasteiger partial charge in [0.25, 0.3) is 5.91 Å². The lowest BCUT2D eigenvalue weighted by Crippen LogP contribution is -2.48. The molecule has 4 rings (SSSR count). The predicted octanol–water partition coefficient (Wildman–Crippen LogP) is 6.36. The van der Waals surface area contributed by atoms with Crippen molar-refractivity contribution in [3.63, 3.8) is 0 Å². The van der Waals surface area contributed by atoms with Crippen LogP contribution in [0.25, 0.3) is 5.69 Å². The Kier molecular flexibility index (Phi) is 6.65. The topological polar surface area (TPSA) is 49.6 Å². The summed E-state index contributed by atoms with van der Waals surface area (Å²) in [4.78, 5) is 15.1. The minimum Gasteiger partial charge on any atom is -0.366 e. The average molecular weight is 457 g/mol. The number of benzene rings is 2. The molecule has 0 fully saturated rings. The smallest absolute Gasteiger partial charge is 0.271 e. The van der Waals surface area contributed by atoms with Crippen molar-refractivity contribution in [1.82, 2.24) is 9.99 Å². The number of hydrogen-bond donors (Lipinski definition) is 1. The molecule has 178 valence electrons. The van der Waals surface area contributed by atoms with Crippen LogP contribution in [0, 0.1) is 13.8 Å². The molecule has 5 nitrogen and oxygen atoms in total. The zero-order chi connectivity index (χ0) is 24.5. The number of fused-ring (bicyclic) bond motifs is 1. The van der Waals surface area contributed by atoms with Crippen LogP contribution in [-0.2, 0) is 0 Å². The van der Waals surface area contributed by atoms with E-state index in [1.54, 1.807) is 6.21 Å². The summed E-state index contributed by atoms with van der Waals surface area (Å²) in [5.41, 5.74) is 10.5. The van der Waals surface area contributed by atoms with E-state index in [0.29, 0.717) is 11.5 Å². The maximum atomic E-state index is 12.6. The lowest BCUT2D eigenvalue weighted by molar-refractivity contribution is 0.0955. The molecule has 1 N–H and O–H groups in total. The van der Waals surface area contributed by atoms with Crippen molar-refractivity contribution in [1.29, 1.82) is 0 Å². The van der Waals surface area contributed by atoms with Gasteiger partial charge in [-0.05, 0) is 106 Å². The fourth-order valence-corrected chi connectivity index (χ4v) is 5.30. The van der Waals surface area contributed by atoms with E-state index in [4.69, 9.17) is 0 Å². The van der Waals surface area contributed by atoms with E-state index in [2.05, 4.69) is 91.9 Å². The monoisotopic (exact) mass is 456 g/mol. The van der Waals surface area contributed by atoms with E-state index < -0.39 is 0 Å². The number of anilines is 1. The van der Waals surface area contributed by atoms with Gasteiger partial charge in [-0.25, -0.2) is 5.43 Å². The summed E-state index contributed by atoms with van der Waals surface area (Å²) in [6.45, 7) is 14.4. The van der Waals surface area contributed by atoms with Crippen molar-refractivity contribution in [2.75, 3.05) is 11.4 Å². The highest BCUT2D eigenvalue weighted by Gasteiger charge is 2.35. The van der Waals surface area contributed by atoms with Crippen LogP contribution in [-0.4, -0.2) is 28.8 Å². The number of aromatic nitrogens is 1. The highest BCUT2D eigenvalue weighted by molar-refractivity contribution is 5.95. The minimum atomic E-state index is -0.217. The van der Waals surface area contributed by atoms with Crippen molar-refractivity contribution in [3.05, 3.63) is 82.7 Å². The predicted molar refractivity (Wildman–Crippen MR) is 141 cm³/mol. The minimum absolute atomic E-state index is 0.153. The van der Waals surface area contributed by atoms with Gasteiger partial charge in [0, 0.05) is 40.4 Å². The van der Waals surface area contributed by atoms with Gasteiger partial charge in [0.05, 0.1) is 6.21 Å². The third-order valence-electron chi connectivity index (χ3n) is 6.90.